The van der Waals surface area contributed by atoms with Gasteiger partial charge in [-0.1, -0.05) is 35.4 Å². The van der Waals surface area contributed by atoms with Gasteiger partial charge in [0, 0.05) is 30.6 Å². The number of aromatic nitrogens is 2. The van der Waals surface area contributed by atoms with Gasteiger partial charge in [-0.15, -0.1) is 0 Å². The number of nitrogens with one attached hydrogen (secondary N) is 1. The van der Waals surface area contributed by atoms with E-state index in [1.807, 2.05) is 6.92 Å². The molecule has 0 radical (unpaired) electrons. The van der Waals surface area contributed by atoms with Crippen molar-refractivity contribution in [3.8, 4) is 0 Å². The van der Waals surface area contributed by atoms with Crippen molar-refractivity contribution in [3.63, 3.8) is 0 Å². The van der Waals surface area contributed by atoms with Gasteiger partial charge in [-0.2, -0.15) is 5.10 Å². The molecule has 2 heterocycles. The second-order valence-corrected chi connectivity index (χ2v) is 7.65. The largest absolute Gasteiger partial charge is 0.477 e. The summed E-state index contributed by atoms with van der Waals surface area (Å²) in [6, 6.07) is 1.56. The lowest BCUT2D eigenvalue weighted by Crippen LogP contribution is -2.35. The third kappa shape index (κ3) is 5.69. The van der Waals surface area contributed by atoms with Crippen LogP contribution in [0.25, 0.3) is 0 Å². The molecule has 2 N–H and O–H groups in total. The Morgan fingerprint density at radius 1 is 1.52 bits per heavy atom. The molecule has 0 spiro atoms. The summed E-state index contributed by atoms with van der Waals surface area (Å²) in [5, 5.41) is 18.0. The van der Waals surface area contributed by atoms with Crippen molar-refractivity contribution < 1.29 is 14.6 Å². The molecule has 1 fully saturated rings. The summed E-state index contributed by atoms with van der Waals surface area (Å²) in [6.07, 6.45) is 1.47. The van der Waals surface area contributed by atoms with Gasteiger partial charge in [-0.3, -0.25) is 4.68 Å². The molecular weight excluding hydrogens is 389 g/mol. The quantitative estimate of drug-likeness (QED) is 0.695. The lowest BCUT2D eigenvalue weighted by Gasteiger charge is -2.28. The number of ether oxygens (including phenoxy) is 1. The van der Waals surface area contributed by atoms with Crippen molar-refractivity contribution in [2.45, 2.75) is 33.4 Å². The van der Waals surface area contributed by atoms with Crippen molar-refractivity contribution >= 4 is 29.2 Å². The topological polar surface area (TPSA) is 76.4 Å². The van der Waals surface area contributed by atoms with Crippen LogP contribution in [0, 0.1) is 12.8 Å². The van der Waals surface area contributed by atoms with Crippen LogP contribution in [0.15, 0.2) is 39.9 Å². The number of allylic oxidation sites excluding steroid dienone is 3. The molecular formula is C19H25Cl2N3O3. The Labute approximate surface area is 169 Å². The number of hydrogen-bond acceptors (Lipinski definition) is 4. The van der Waals surface area contributed by atoms with Gasteiger partial charge < -0.3 is 15.2 Å². The van der Waals surface area contributed by atoms with Crippen LogP contribution in [0.3, 0.4) is 0 Å². The summed E-state index contributed by atoms with van der Waals surface area (Å²) in [4.78, 5) is 11.5. The van der Waals surface area contributed by atoms with Gasteiger partial charge in [0.1, 0.15) is 5.69 Å². The number of carboxylic acids is 1. The zero-order valence-corrected chi connectivity index (χ0v) is 17.3. The molecule has 2 unspecified atom stereocenters. The van der Waals surface area contributed by atoms with Crippen LogP contribution in [0.1, 0.15) is 30.0 Å². The smallest absolute Gasteiger partial charge is 0.354 e. The normalized spacial score (nSPS) is 22.2. The third-order valence-corrected chi connectivity index (χ3v) is 5.04. The van der Waals surface area contributed by atoms with Gasteiger partial charge in [0.2, 0.25) is 0 Å². The monoisotopic (exact) mass is 413 g/mol. The Hall–Kier alpha value is -1.60. The molecule has 27 heavy (non-hydrogen) atoms. The predicted octanol–water partition coefficient (Wildman–Crippen LogP) is 3.71. The van der Waals surface area contributed by atoms with Crippen LogP contribution in [0.2, 0.25) is 0 Å². The highest BCUT2D eigenvalue weighted by atomic mass is 35.5. The first kappa shape index (κ1) is 21.7. The average molecular weight is 414 g/mol. The van der Waals surface area contributed by atoms with Crippen LogP contribution < -0.4 is 5.32 Å². The van der Waals surface area contributed by atoms with Crippen LogP contribution in [-0.4, -0.2) is 46.7 Å². The molecule has 0 aliphatic carbocycles. The number of nitrogens with zero attached hydrogens (tertiary/aromatic N) is 2. The average Bonchev–Trinajstić information content (AvgIpc) is 2.80. The second kappa shape index (κ2) is 9.55. The minimum absolute atomic E-state index is 0.0621. The standard InChI is InChI=1S/C19H25Cl2N3O3/c1-11(2)15(8-16(21)13(4)20)18-14(9-22-5-6-27-18)10-24-17(19(25)26)7-12(3)23-24/h7-8,14,18,22H,1,5-6,9-10H2,2-4H3,(H,25,26). The number of aryl methyl sites for hydroxylation is 1. The Morgan fingerprint density at radius 3 is 2.81 bits per heavy atom. The van der Waals surface area contributed by atoms with Crippen LogP contribution in [-0.2, 0) is 11.3 Å². The van der Waals surface area contributed by atoms with Gasteiger partial charge >= 0.3 is 5.97 Å². The first-order valence-electron chi connectivity index (χ1n) is 8.70. The molecule has 0 aromatic carbocycles. The first-order chi connectivity index (χ1) is 12.7. The molecule has 0 saturated carbocycles. The van der Waals surface area contributed by atoms with Crippen molar-refractivity contribution in [2.24, 2.45) is 5.92 Å². The van der Waals surface area contributed by atoms with E-state index in [9.17, 15) is 9.90 Å². The van der Waals surface area contributed by atoms with Gasteiger partial charge in [0.15, 0.2) is 0 Å². The molecule has 2 rings (SSSR count). The summed E-state index contributed by atoms with van der Waals surface area (Å²) in [6.45, 7) is 11.7. The summed E-state index contributed by atoms with van der Waals surface area (Å²) < 4.78 is 7.61. The Bertz CT molecular complexity index is 779. The fourth-order valence-corrected chi connectivity index (χ4v) is 3.23. The third-order valence-electron chi connectivity index (χ3n) is 4.35. The molecule has 6 nitrogen and oxygen atoms in total. The van der Waals surface area contributed by atoms with E-state index in [4.69, 9.17) is 27.9 Å². The Kier molecular flexibility index (Phi) is 7.68. The SMILES string of the molecule is C=C(C)C(=CC(Cl)=C(C)Cl)C1OCCNCC1Cn1nc(C)cc1C(=O)O. The predicted molar refractivity (Wildman–Crippen MR) is 107 cm³/mol. The lowest BCUT2D eigenvalue weighted by atomic mass is 9.91. The summed E-state index contributed by atoms with van der Waals surface area (Å²) in [5.74, 6) is -1.07. The van der Waals surface area contributed by atoms with Crippen molar-refractivity contribution in [3.05, 3.63) is 51.3 Å². The van der Waals surface area contributed by atoms with E-state index in [0.717, 1.165) is 11.1 Å². The molecule has 1 aromatic heterocycles. The van der Waals surface area contributed by atoms with E-state index >= 15 is 0 Å². The van der Waals surface area contributed by atoms with Gasteiger partial charge in [-0.25, -0.2) is 4.79 Å². The van der Waals surface area contributed by atoms with Gasteiger partial charge in [-0.05, 0) is 38.5 Å². The highest BCUT2D eigenvalue weighted by molar-refractivity contribution is 6.40. The Morgan fingerprint density at radius 2 is 2.22 bits per heavy atom. The summed E-state index contributed by atoms with van der Waals surface area (Å²) >= 11 is 12.3. The molecule has 8 heteroatoms. The van der Waals surface area contributed by atoms with E-state index in [-0.39, 0.29) is 17.7 Å². The minimum Gasteiger partial charge on any atom is -0.477 e. The van der Waals surface area contributed by atoms with Gasteiger partial charge in [0.05, 0.1) is 23.4 Å². The highest BCUT2D eigenvalue weighted by Gasteiger charge is 2.30. The lowest BCUT2D eigenvalue weighted by molar-refractivity contribution is 0.0511. The van der Waals surface area contributed by atoms with Crippen molar-refractivity contribution in [1.82, 2.24) is 15.1 Å². The maximum atomic E-state index is 11.5. The summed E-state index contributed by atoms with van der Waals surface area (Å²) in [5.41, 5.74) is 2.48. The molecule has 0 bridgehead atoms. The zero-order valence-electron chi connectivity index (χ0n) is 15.8. The zero-order chi connectivity index (χ0) is 20.1. The second-order valence-electron chi connectivity index (χ2n) is 6.68. The number of carbonyl (C=O) groups is 1. The molecule has 1 saturated heterocycles. The maximum absolute atomic E-state index is 11.5. The van der Waals surface area contributed by atoms with Crippen molar-refractivity contribution in [1.29, 1.82) is 0 Å². The molecule has 0 amide bonds. The number of hydrogen-bond donors (Lipinski definition) is 2. The molecule has 148 valence electrons. The van der Waals surface area contributed by atoms with E-state index in [1.54, 1.807) is 26.0 Å². The molecule has 1 aliphatic rings. The Balaban J connectivity index is 2.41. The number of rotatable bonds is 6. The summed E-state index contributed by atoms with van der Waals surface area (Å²) in [7, 11) is 0. The van der Waals surface area contributed by atoms with E-state index < -0.39 is 5.97 Å². The number of aromatic carboxylic acids is 1. The van der Waals surface area contributed by atoms with E-state index in [1.165, 1.54) is 4.68 Å². The van der Waals surface area contributed by atoms with E-state index in [2.05, 4.69) is 17.0 Å². The molecule has 1 aromatic rings. The van der Waals surface area contributed by atoms with Crippen LogP contribution in [0.5, 0.6) is 0 Å². The first-order valence-corrected chi connectivity index (χ1v) is 9.45. The van der Waals surface area contributed by atoms with Crippen molar-refractivity contribution in [2.75, 3.05) is 19.7 Å². The fourth-order valence-electron chi connectivity index (χ4n) is 3.06. The molecule has 2 atom stereocenters. The number of halogens is 2. The van der Waals surface area contributed by atoms with Gasteiger partial charge in [0.25, 0.3) is 0 Å². The van der Waals surface area contributed by atoms with Crippen LogP contribution >= 0.6 is 23.2 Å². The van der Waals surface area contributed by atoms with E-state index in [0.29, 0.717) is 42.0 Å². The maximum Gasteiger partial charge on any atom is 0.354 e. The minimum atomic E-state index is -1.01. The fraction of sp³-hybridized carbons (Fsp3) is 0.474. The highest BCUT2D eigenvalue weighted by Crippen LogP contribution is 2.28. The number of carboxylic acid groups (broad SMARTS) is 1. The molecule has 1 aliphatic heterocycles. The van der Waals surface area contributed by atoms with Crippen LogP contribution in [0.4, 0.5) is 0 Å².